The lowest BCUT2D eigenvalue weighted by atomic mass is 9.88. The van der Waals surface area contributed by atoms with E-state index >= 15 is 0 Å². The van der Waals surface area contributed by atoms with Crippen LogP contribution >= 0.6 is 15.9 Å². The lowest BCUT2D eigenvalue weighted by molar-refractivity contribution is 0.445. The lowest BCUT2D eigenvalue weighted by Crippen LogP contribution is -2.31. The Balaban J connectivity index is 1.92. The van der Waals surface area contributed by atoms with Crippen molar-refractivity contribution in [1.29, 1.82) is 0 Å². The predicted octanol–water partition coefficient (Wildman–Crippen LogP) is 2.70. The van der Waals surface area contributed by atoms with E-state index in [0.717, 1.165) is 5.92 Å². The van der Waals surface area contributed by atoms with Crippen molar-refractivity contribution in [1.82, 2.24) is 5.32 Å². The number of nitrogens with one attached hydrogen (secondary N) is 1. The molecule has 2 fully saturated rings. The summed E-state index contributed by atoms with van der Waals surface area (Å²) in [6.07, 6.45) is 2.71. The van der Waals surface area contributed by atoms with Crippen LogP contribution in [0, 0.1) is 5.92 Å². The summed E-state index contributed by atoms with van der Waals surface area (Å²) < 4.78 is 1.18. The summed E-state index contributed by atoms with van der Waals surface area (Å²) >= 11 is 3.49. The molecular formula is C12H14BrN. The van der Waals surface area contributed by atoms with Crippen molar-refractivity contribution in [2.24, 2.45) is 5.92 Å². The number of rotatable bonds is 1. The molecule has 1 nitrogen and oxygen atoms in total. The van der Waals surface area contributed by atoms with Gasteiger partial charge in [0, 0.05) is 9.89 Å². The molecular weight excluding hydrogens is 238 g/mol. The van der Waals surface area contributed by atoms with Crippen molar-refractivity contribution < 1.29 is 0 Å². The van der Waals surface area contributed by atoms with E-state index in [2.05, 4.69) is 45.5 Å². The minimum Gasteiger partial charge on any atom is -0.316 e. The van der Waals surface area contributed by atoms with Crippen molar-refractivity contribution >= 4 is 15.9 Å². The molecule has 0 bridgehead atoms. The van der Waals surface area contributed by atoms with Crippen molar-refractivity contribution in [3.8, 4) is 0 Å². The SMILES string of the molecule is Brc1ccc(C23CCNCC2C3)cc1. The molecule has 74 valence electrons. The summed E-state index contributed by atoms with van der Waals surface area (Å²) in [7, 11) is 0. The summed E-state index contributed by atoms with van der Waals surface area (Å²) in [6.45, 7) is 2.41. The second-order valence-electron chi connectivity index (χ2n) is 4.52. The van der Waals surface area contributed by atoms with Crippen LogP contribution in [0.3, 0.4) is 0 Å². The van der Waals surface area contributed by atoms with Crippen LogP contribution in [0.1, 0.15) is 18.4 Å². The summed E-state index contributed by atoms with van der Waals surface area (Å²) in [5.41, 5.74) is 2.10. The van der Waals surface area contributed by atoms with E-state index < -0.39 is 0 Å². The second-order valence-corrected chi connectivity index (χ2v) is 5.43. The molecule has 1 aromatic carbocycles. The van der Waals surface area contributed by atoms with Gasteiger partial charge in [0.1, 0.15) is 0 Å². The molecule has 1 aliphatic carbocycles. The third-order valence-electron chi connectivity index (χ3n) is 3.79. The topological polar surface area (TPSA) is 12.0 Å². The Hall–Kier alpha value is -0.340. The zero-order chi connectivity index (χ0) is 9.60. The van der Waals surface area contributed by atoms with Crippen LogP contribution in [0.4, 0.5) is 0 Å². The average Bonchev–Trinajstić information content (AvgIpc) is 2.94. The molecule has 1 aliphatic heterocycles. The van der Waals surface area contributed by atoms with Gasteiger partial charge in [-0.3, -0.25) is 0 Å². The maximum absolute atomic E-state index is 3.49. The number of hydrogen-bond donors (Lipinski definition) is 1. The minimum atomic E-state index is 0.548. The first-order valence-corrected chi connectivity index (χ1v) is 6.07. The minimum absolute atomic E-state index is 0.548. The quantitative estimate of drug-likeness (QED) is 0.810. The van der Waals surface area contributed by atoms with E-state index in [-0.39, 0.29) is 0 Å². The first kappa shape index (κ1) is 8.93. The Kier molecular flexibility index (Phi) is 1.96. The number of fused-ring (bicyclic) bond motifs is 1. The van der Waals surface area contributed by atoms with E-state index in [1.54, 1.807) is 5.56 Å². The fraction of sp³-hybridized carbons (Fsp3) is 0.500. The first-order chi connectivity index (χ1) is 6.81. The van der Waals surface area contributed by atoms with E-state index in [1.807, 2.05) is 0 Å². The van der Waals surface area contributed by atoms with E-state index in [9.17, 15) is 0 Å². The third kappa shape index (κ3) is 1.24. The van der Waals surface area contributed by atoms with Gasteiger partial charge in [0.25, 0.3) is 0 Å². The molecule has 3 rings (SSSR count). The number of hydrogen-bond acceptors (Lipinski definition) is 1. The maximum Gasteiger partial charge on any atom is 0.0175 e. The van der Waals surface area contributed by atoms with Gasteiger partial charge in [-0.1, -0.05) is 28.1 Å². The molecule has 0 amide bonds. The molecule has 2 atom stereocenters. The molecule has 2 unspecified atom stereocenters. The summed E-state index contributed by atoms with van der Waals surface area (Å²) in [5.74, 6) is 0.900. The van der Waals surface area contributed by atoms with Crippen molar-refractivity contribution in [3.05, 3.63) is 34.3 Å². The van der Waals surface area contributed by atoms with Crippen molar-refractivity contribution in [3.63, 3.8) is 0 Å². The fourth-order valence-corrected chi connectivity index (χ4v) is 3.09. The Morgan fingerprint density at radius 2 is 2.07 bits per heavy atom. The Morgan fingerprint density at radius 1 is 1.29 bits per heavy atom. The molecule has 14 heavy (non-hydrogen) atoms. The molecule has 0 spiro atoms. The van der Waals surface area contributed by atoms with Crippen molar-refractivity contribution in [2.45, 2.75) is 18.3 Å². The summed E-state index contributed by atoms with van der Waals surface area (Å²) in [4.78, 5) is 0. The van der Waals surface area contributed by atoms with Gasteiger partial charge in [-0.15, -0.1) is 0 Å². The van der Waals surface area contributed by atoms with Gasteiger partial charge in [0.15, 0.2) is 0 Å². The molecule has 1 aromatic rings. The number of benzene rings is 1. The van der Waals surface area contributed by atoms with Gasteiger partial charge >= 0.3 is 0 Å². The second kappa shape index (κ2) is 3.07. The summed E-state index contributed by atoms with van der Waals surface area (Å²) in [6, 6.07) is 8.91. The van der Waals surface area contributed by atoms with Crippen LogP contribution in [0.2, 0.25) is 0 Å². The largest absolute Gasteiger partial charge is 0.316 e. The van der Waals surface area contributed by atoms with Crippen molar-refractivity contribution in [2.75, 3.05) is 13.1 Å². The molecule has 2 heteroatoms. The first-order valence-electron chi connectivity index (χ1n) is 5.28. The number of piperidine rings is 1. The van der Waals surface area contributed by atoms with Crippen LogP contribution < -0.4 is 5.32 Å². The highest BCUT2D eigenvalue weighted by molar-refractivity contribution is 9.10. The maximum atomic E-state index is 3.49. The van der Waals surface area contributed by atoms with Crippen LogP contribution in [-0.4, -0.2) is 13.1 Å². The molecule has 1 saturated carbocycles. The van der Waals surface area contributed by atoms with E-state index in [1.165, 1.54) is 30.4 Å². The van der Waals surface area contributed by atoms with Crippen LogP contribution in [-0.2, 0) is 5.41 Å². The predicted molar refractivity (Wildman–Crippen MR) is 61.4 cm³/mol. The molecule has 2 aliphatic rings. The fourth-order valence-electron chi connectivity index (χ4n) is 2.82. The van der Waals surface area contributed by atoms with Gasteiger partial charge in [-0.05, 0) is 49.5 Å². The Morgan fingerprint density at radius 3 is 2.79 bits per heavy atom. The standard InChI is InChI=1S/C12H14BrN/c13-11-3-1-9(2-4-11)12-5-6-14-8-10(12)7-12/h1-4,10,14H,5-8H2. The lowest BCUT2D eigenvalue weighted by Gasteiger charge is -2.23. The smallest absolute Gasteiger partial charge is 0.0175 e. The Labute approximate surface area is 93.0 Å². The molecule has 1 heterocycles. The third-order valence-corrected chi connectivity index (χ3v) is 4.32. The van der Waals surface area contributed by atoms with Gasteiger partial charge in [-0.25, -0.2) is 0 Å². The molecule has 1 saturated heterocycles. The highest BCUT2D eigenvalue weighted by Gasteiger charge is 2.55. The molecule has 0 aromatic heterocycles. The van der Waals surface area contributed by atoms with Crippen LogP contribution in [0.5, 0.6) is 0 Å². The monoisotopic (exact) mass is 251 g/mol. The summed E-state index contributed by atoms with van der Waals surface area (Å²) in [5, 5.41) is 3.47. The zero-order valence-corrected chi connectivity index (χ0v) is 9.68. The van der Waals surface area contributed by atoms with E-state index in [0.29, 0.717) is 5.41 Å². The Bertz CT molecular complexity index is 346. The zero-order valence-electron chi connectivity index (χ0n) is 8.09. The van der Waals surface area contributed by atoms with Crippen LogP contribution in [0.25, 0.3) is 0 Å². The van der Waals surface area contributed by atoms with Gasteiger partial charge in [0.05, 0.1) is 0 Å². The highest BCUT2D eigenvalue weighted by atomic mass is 79.9. The van der Waals surface area contributed by atoms with Gasteiger partial charge in [0.2, 0.25) is 0 Å². The van der Waals surface area contributed by atoms with E-state index in [4.69, 9.17) is 0 Å². The normalized spacial score (nSPS) is 35.1. The van der Waals surface area contributed by atoms with Gasteiger partial charge < -0.3 is 5.32 Å². The van der Waals surface area contributed by atoms with Gasteiger partial charge in [-0.2, -0.15) is 0 Å². The van der Waals surface area contributed by atoms with Crippen LogP contribution in [0.15, 0.2) is 28.7 Å². The molecule has 0 radical (unpaired) electrons. The molecule has 1 N–H and O–H groups in total. The number of halogens is 1. The highest BCUT2D eigenvalue weighted by Crippen LogP contribution is 2.57. The average molecular weight is 252 g/mol.